The SMILES string of the molecule is O=c1[nH]c2cc(NCc3cc(F)c(F)c(F)c3)ccc2o1. The first kappa shape index (κ1) is 13.3. The van der Waals surface area contributed by atoms with Gasteiger partial charge in [0.2, 0.25) is 0 Å². The van der Waals surface area contributed by atoms with Gasteiger partial charge in [-0.3, -0.25) is 4.98 Å². The zero-order chi connectivity index (χ0) is 15.0. The summed E-state index contributed by atoms with van der Waals surface area (Å²) in [5.74, 6) is -4.52. The van der Waals surface area contributed by atoms with Gasteiger partial charge in [0.25, 0.3) is 0 Å². The van der Waals surface area contributed by atoms with Crippen molar-refractivity contribution in [3.63, 3.8) is 0 Å². The average molecular weight is 294 g/mol. The Hall–Kier alpha value is -2.70. The third-order valence-electron chi connectivity index (χ3n) is 2.96. The number of H-pyrrole nitrogens is 1. The number of hydrogen-bond donors (Lipinski definition) is 2. The van der Waals surface area contributed by atoms with Crippen LogP contribution in [0, 0.1) is 17.5 Å². The van der Waals surface area contributed by atoms with Gasteiger partial charge in [-0.15, -0.1) is 0 Å². The molecule has 0 fully saturated rings. The maximum absolute atomic E-state index is 13.1. The highest BCUT2D eigenvalue weighted by molar-refractivity contribution is 5.76. The van der Waals surface area contributed by atoms with Crippen molar-refractivity contribution in [3.8, 4) is 0 Å². The quantitative estimate of drug-likeness (QED) is 0.730. The monoisotopic (exact) mass is 294 g/mol. The maximum Gasteiger partial charge on any atom is 0.417 e. The summed E-state index contributed by atoms with van der Waals surface area (Å²) in [6.45, 7) is 0.0989. The largest absolute Gasteiger partial charge is 0.417 e. The lowest BCUT2D eigenvalue weighted by Gasteiger charge is -2.07. The van der Waals surface area contributed by atoms with Gasteiger partial charge in [0, 0.05) is 12.2 Å². The van der Waals surface area contributed by atoms with Crippen molar-refractivity contribution in [1.29, 1.82) is 0 Å². The van der Waals surface area contributed by atoms with Crippen LogP contribution in [0.2, 0.25) is 0 Å². The summed E-state index contributed by atoms with van der Waals surface area (Å²) in [6.07, 6.45) is 0. The molecule has 1 aromatic heterocycles. The van der Waals surface area contributed by atoms with Gasteiger partial charge < -0.3 is 9.73 Å². The predicted molar refractivity (Wildman–Crippen MR) is 70.5 cm³/mol. The highest BCUT2D eigenvalue weighted by Gasteiger charge is 2.10. The molecule has 0 unspecified atom stereocenters. The summed E-state index contributed by atoms with van der Waals surface area (Å²) >= 11 is 0. The Morgan fingerprint density at radius 2 is 1.81 bits per heavy atom. The van der Waals surface area contributed by atoms with Gasteiger partial charge >= 0.3 is 5.76 Å². The molecule has 0 radical (unpaired) electrons. The number of nitrogens with one attached hydrogen (secondary N) is 2. The molecule has 3 rings (SSSR count). The van der Waals surface area contributed by atoms with Gasteiger partial charge in [0.05, 0.1) is 5.52 Å². The summed E-state index contributed by atoms with van der Waals surface area (Å²) in [4.78, 5) is 13.5. The van der Waals surface area contributed by atoms with E-state index in [0.717, 1.165) is 12.1 Å². The fraction of sp³-hybridized carbons (Fsp3) is 0.0714. The van der Waals surface area contributed by atoms with Gasteiger partial charge in [-0.25, -0.2) is 18.0 Å². The standard InChI is InChI=1S/C14H9F3N2O2/c15-9-3-7(4-10(16)13(9)17)6-18-8-1-2-12-11(5-8)19-14(20)21-12/h1-5,18H,6H2,(H,19,20). The molecule has 21 heavy (non-hydrogen) atoms. The summed E-state index contributed by atoms with van der Waals surface area (Å²) < 4.78 is 43.9. The van der Waals surface area contributed by atoms with E-state index in [-0.39, 0.29) is 12.1 Å². The van der Waals surface area contributed by atoms with Gasteiger partial charge in [0.15, 0.2) is 23.0 Å². The van der Waals surface area contributed by atoms with Crippen molar-refractivity contribution in [1.82, 2.24) is 4.98 Å². The minimum Gasteiger partial charge on any atom is -0.408 e. The van der Waals surface area contributed by atoms with Crippen LogP contribution in [0.15, 0.2) is 39.5 Å². The Kier molecular flexibility index (Phi) is 3.17. The van der Waals surface area contributed by atoms with Gasteiger partial charge in [-0.05, 0) is 35.9 Å². The van der Waals surface area contributed by atoms with Crippen molar-refractivity contribution >= 4 is 16.8 Å². The number of fused-ring (bicyclic) bond motifs is 1. The second kappa shape index (κ2) is 5.01. The van der Waals surface area contributed by atoms with E-state index in [1.807, 2.05) is 0 Å². The predicted octanol–water partition coefficient (Wildman–Crippen LogP) is 3.15. The summed E-state index contributed by atoms with van der Waals surface area (Å²) in [7, 11) is 0. The van der Waals surface area contributed by atoms with E-state index < -0.39 is 23.2 Å². The third kappa shape index (κ3) is 2.62. The Morgan fingerprint density at radius 1 is 1.10 bits per heavy atom. The van der Waals surface area contributed by atoms with E-state index in [2.05, 4.69) is 10.3 Å². The van der Waals surface area contributed by atoms with E-state index in [9.17, 15) is 18.0 Å². The zero-order valence-electron chi connectivity index (χ0n) is 10.5. The summed E-state index contributed by atoms with van der Waals surface area (Å²) in [6, 6.07) is 6.69. The summed E-state index contributed by atoms with van der Waals surface area (Å²) in [5, 5.41) is 2.92. The van der Waals surface area contributed by atoms with Crippen LogP contribution in [-0.2, 0) is 6.54 Å². The van der Waals surface area contributed by atoms with E-state index in [0.29, 0.717) is 16.8 Å². The van der Waals surface area contributed by atoms with Crippen LogP contribution in [0.4, 0.5) is 18.9 Å². The zero-order valence-corrected chi connectivity index (χ0v) is 10.5. The number of rotatable bonds is 3. The number of aromatic nitrogens is 1. The van der Waals surface area contributed by atoms with Crippen molar-refractivity contribution in [2.45, 2.75) is 6.54 Å². The Bertz CT molecular complexity index is 847. The first-order chi connectivity index (χ1) is 10.0. The van der Waals surface area contributed by atoms with Crippen LogP contribution in [0.3, 0.4) is 0 Å². The number of anilines is 1. The van der Waals surface area contributed by atoms with Crippen molar-refractivity contribution in [3.05, 3.63) is 63.9 Å². The van der Waals surface area contributed by atoms with E-state index in [1.54, 1.807) is 18.2 Å². The number of halogens is 3. The third-order valence-corrected chi connectivity index (χ3v) is 2.96. The molecule has 0 spiro atoms. The average Bonchev–Trinajstić information content (AvgIpc) is 2.81. The topological polar surface area (TPSA) is 58.0 Å². The first-order valence-electron chi connectivity index (χ1n) is 6.03. The number of oxazole rings is 1. The molecule has 0 aliphatic heterocycles. The maximum atomic E-state index is 13.1. The van der Waals surface area contributed by atoms with Gasteiger partial charge in [0.1, 0.15) is 0 Å². The van der Waals surface area contributed by atoms with Crippen LogP contribution < -0.4 is 11.1 Å². The van der Waals surface area contributed by atoms with Crippen LogP contribution in [0.25, 0.3) is 11.1 Å². The molecular formula is C14H9F3N2O2. The van der Waals surface area contributed by atoms with Crippen LogP contribution in [-0.4, -0.2) is 4.98 Å². The minimum atomic E-state index is -1.49. The fourth-order valence-corrected chi connectivity index (χ4v) is 1.98. The molecule has 4 nitrogen and oxygen atoms in total. The second-order valence-corrected chi connectivity index (χ2v) is 4.45. The molecule has 2 N–H and O–H groups in total. The molecule has 0 aliphatic carbocycles. The highest BCUT2D eigenvalue weighted by Crippen LogP contribution is 2.18. The lowest BCUT2D eigenvalue weighted by molar-refractivity contribution is 0.445. The van der Waals surface area contributed by atoms with Gasteiger partial charge in [-0.2, -0.15) is 0 Å². The minimum absolute atomic E-state index is 0.0989. The van der Waals surface area contributed by atoms with Crippen molar-refractivity contribution in [2.75, 3.05) is 5.32 Å². The smallest absolute Gasteiger partial charge is 0.408 e. The van der Waals surface area contributed by atoms with E-state index >= 15 is 0 Å². The number of hydrogen-bond acceptors (Lipinski definition) is 3. The second-order valence-electron chi connectivity index (χ2n) is 4.45. The fourth-order valence-electron chi connectivity index (χ4n) is 1.98. The lowest BCUT2D eigenvalue weighted by atomic mass is 10.2. The highest BCUT2D eigenvalue weighted by atomic mass is 19.2. The molecule has 3 aromatic rings. The van der Waals surface area contributed by atoms with E-state index in [4.69, 9.17) is 4.42 Å². The molecule has 108 valence electrons. The first-order valence-corrected chi connectivity index (χ1v) is 6.03. The lowest BCUT2D eigenvalue weighted by Crippen LogP contribution is -2.02. The number of benzene rings is 2. The summed E-state index contributed by atoms with van der Waals surface area (Å²) in [5.41, 5.74) is 1.78. The van der Waals surface area contributed by atoms with Crippen LogP contribution >= 0.6 is 0 Å². The van der Waals surface area contributed by atoms with Crippen LogP contribution in [0.1, 0.15) is 5.56 Å². The molecule has 0 atom stereocenters. The molecule has 0 bridgehead atoms. The van der Waals surface area contributed by atoms with Gasteiger partial charge in [-0.1, -0.05) is 0 Å². The Labute approximate surface area is 116 Å². The Morgan fingerprint density at radius 3 is 2.52 bits per heavy atom. The van der Waals surface area contributed by atoms with E-state index in [1.165, 1.54) is 0 Å². The molecule has 1 heterocycles. The number of aromatic amines is 1. The molecular weight excluding hydrogens is 285 g/mol. The normalized spacial score (nSPS) is 11.0. The van der Waals surface area contributed by atoms with Crippen molar-refractivity contribution < 1.29 is 17.6 Å². The molecule has 0 saturated heterocycles. The molecule has 0 amide bonds. The molecule has 2 aromatic carbocycles. The molecule has 7 heteroatoms. The van der Waals surface area contributed by atoms with Crippen LogP contribution in [0.5, 0.6) is 0 Å². The Balaban J connectivity index is 1.81. The molecule has 0 saturated carbocycles. The van der Waals surface area contributed by atoms with Crippen molar-refractivity contribution in [2.24, 2.45) is 0 Å². The molecule has 0 aliphatic rings.